The molecule has 2 saturated carbocycles. The number of aliphatic imine (C=N–C) groups is 1. The van der Waals surface area contributed by atoms with Gasteiger partial charge in [-0.1, -0.05) is 27.7 Å². The van der Waals surface area contributed by atoms with Crippen LogP contribution in [0.4, 0.5) is 0 Å². The van der Waals surface area contributed by atoms with E-state index in [1.807, 2.05) is 0 Å². The van der Waals surface area contributed by atoms with Gasteiger partial charge in [0.1, 0.15) is 30.3 Å². The lowest BCUT2D eigenvalue weighted by molar-refractivity contribution is -0.210. The van der Waals surface area contributed by atoms with Crippen molar-refractivity contribution >= 4 is 17.8 Å². The van der Waals surface area contributed by atoms with Crippen LogP contribution in [0.2, 0.25) is 0 Å². The van der Waals surface area contributed by atoms with Gasteiger partial charge in [-0.15, -0.1) is 0 Å². The summed E-state index contributed by atoms with van der Waals surface area (Å²) in [5, 5.41) is 11.0. The molecule has 0 aromatic heterocycles. The minimum Gasteiger partial charge on any atom is -0.485 e. The summed E-state index contributed by atoms with van der Waals surface area (Å²) in [6.45, 7) is 12.7. The van der Waals surface area contributed by atoms with Gasteiger partial charge >= 0.3 is 11.9 Å². The van der Waals surface area contributed by atoms with Crippen molar-refractivity contribution in [3.63, 3.8) is 0 Å². The summed E-state index contributed by atoms with van der Waals surface area (Å²) in [7, 11) is 0. The fourth-order valence-electron chi connectivity index (χ4n) is 7.78. The van der Waals surface area contributed by atoms with E-state index in [1.165, 1.54) is 13.8 Å². The predicted octanol–water partition coefficient (Wildman–Crippen LogP) is 4.36. The van der Waals surface area contributed by atoms with Crippen molar-refractivity contribution in [1.82, 2.24) is 0 Å². The van der Waals surface area contributed by atoms with Crippen LogP contribution >= 0.6 is 0 Å². The van der Waals surface area contributed by atoms with Crippen LogP contribution in [0.5, 0.6) is 11.5 Å². The highest BCUT2D eigenvalue weighted by Crippen LogP contribution is 2.67. The molecule has 0 unspecified atom stereocenters. The molecule has 8 nitrogen and oxygen atoms in total. The topological polar surface area (TPSA) is 104 Å². The van der Waals surface area contributed by atoms with Crippen molar-refractivity contribution in [2.45, 2.75) is 92.0 Å². The van der Waals surface area contributed by atoms with Crippen LogP contribution in [0.1, 0.15) is 83.9 Å². The summed E-state index contributed by atoms with van der Waals surface area (Å²) < 4.78 is 24.2. The number of esters is 2. The number of nitrogens with zero attached hydrogens (tertiary/aromatic N) is 1. The van der Waals surface area contributed by atoms with Crippen LogP contribution < -0.4 is 9.47 Å². The zero-order valence-electron chi connectivity index (χ0n) is 22.8. The van der Waals surface area contributed by atoms with Crippen molar-refractivity contribution in [1.29, 1.82) is 0 Å². The molecule has 2 aliphatic heterocycles. The Morgan fingerprint density at radius 3 is 2.57 bits per heavy atom. The number of aliphatic hydroxyl groups is 1. The van der Waals surface area contributed by atoms with Crippen molar-refractivity contribution < 1.29 is 33.6 Å². The second kappa shape index (κ2) is 9.00. The molecule has 0 saturated heterocycles. The summed E-state index contributed by atoms with van der Waals surface area (Å²) in [5.74, 6) is 1.14. The molecule has 1 aromatic rings. The summed E-state index contributed by atoms with van der Waals surface area (Å²) in [6.07, 6.45) is 3.75. The molecular formula is C29H39NO7. The average Bonchev–Trinajstić information content (AvgIpc) is 3.49. The Kier molecular flexibility index (Phi) is 6.33. The second-order valence-corrected chi connectivity index (χ2v) is 12.1. The Balaban J connectivity index is 1.69. The number of rotatable bonds is 4. The Morgan fingerprint density at radius 2 is 1.92 bits per heavy atom. The van der Waals surface area contributed by atoms with E-state index in [9.17, 15) is 14.7 Å². The molecule has 1 spiro atoms. The van der Waals surface area contributed by atoms with Gasteiger partial charge in [0.25, 0.3) is 0 Å². The molecule has 8 heteroatoms. The second-order valence-electron chi connectivity index (χ2n) is 12.1. The van der Waals surface area contributed by atoms with Gasteiger partial charge in [0.05, 0.1) is 18.2 Å². The highest BCUT2D eigenvalue weighted by molar-refractivity contribution is 5.98. The van der Waals surface area contributed by atoms with Gasteiger partial charge in [-0.3, -0.25) is 9.59 Å². The molecule has 2 fully saturated rings. The lowest BCUT2D eigenvalue weighted by Gasteiger charge is -2.64. The van der Waals surface area contributed by atoms with Gasteiger partial charge in [-0.25, -0.2) is 4.99 Å². The molecule has 1 aromatic carbocycles. The molecule has 5 atom stereocenters. The fourth-order valence-corrected chi connectivity index (χ4v) is 7.78. The quantitative estimate of drug-likeness (QED) is 0.471. The summed E-state index contributed by atoms with van der Waals surface area (Å²) in [4.78, 5) is 28.5. The molecule has 1 N–H and O–H groups in total. The maximum atomic E-state index is 12.2. The number of carbonyl (C=O) groups excluding carboxylic acids is 2. The van der Waals surface area contributed by atoms with E-state index >= 15 is 0 Å². The minimum atomic E-state index is -0.563. The largest absolute Gasteiger partial charge is 0.485 e. The molecule has 0 amide bonds. The Labute approximate surface area is 218 Å². The number of aliphatic hydroxyl groups excluding tert-OH is 1. The molecule has 2 aliphatic carbocycles. The van der Waals surface area contributed by atoms with Gasteiger partial charge in [-0.2, -0.15) is 0 Å². The normalized spacial score (nSPS) is 33.6. The van der Waals surface area contributed by atoms with Gasteiger partial charge in [-0.05, 0) is 49.0 Å². The SMILES string of the molecule is CC(=O)OCc1c(C2=NCCO2)cc(OC(C)=O)c2c1O[C@]1(C2)[C@H](C)CC[C@H]2C(C)(C)[C@H](O)CC[C@@]21C. The maximum Gasteiger partial charge on any atom is 0.308 e. The monoisotopic (exact) mass is 513 g/mol. The first-order valence-corrected chi connectivity index (χ1v) is 13.5. The predicted molar refractivity (Wildman–Crippen MR) is 137 cm³/mol. The first kappa shape index (κ1) is 26.0. The smallest absolute Gasteiger partial charge is 0.308 e. The number of carbonyl (C=O) groups is 2. The van der Waals surface area contributed by atoms with E-state index in [1.54, 1.807) is 6.07 Å². The minimum absolute atomic E-state index is 0.00451. The summed E-state index contributed by atoms with van der Waals surface area (Å²) in [5.41, 5.74) is 1.08. The van der Waals surface area contributed by atoms with E-state index in [0.717, 1.165) is 24.8 Å². The van der Waals surface area contributed by atoms with E-state index in [0.29, 0.717) is 54.5 Å². The van der Waals surface area contributed by atoms with Crippen LogP contribution in [0, 0.1) is 22.7 Å². The first-order valence-electron chi connectivity index (χ1n) is 13.5. The maximum absolute atomic E-state index is 12.2. The van der Waals surface area contributed by atoms with Crippen molar-refractivity contribution in [2.24, 2.45) is 27.7 Å². The molecule has 37 heavy (non-hydrogen) atoms. The number of benzene rings is 1. The van der Waals surface area contributed by atoms with Crippen LogP contribution in [0.3, 0.4) is 0 Å². The van der Waals surface area contributed by atoms with E-state index in [2.05, 4.69) is 32.7 Å². The summed E-state index contributed by atoms with van der Waals surface area (Å²) in [6, 6.07) is 1.79. The highest BCUT2D eigenvalue weighted by Gasteiger charge is 2.67. The van der Waals surface area contributed by atoms with E-state index in [4.69, 9.17) is 18.9 Å². The molecule has 4 aliphatic rings. The molecule has 2 heterocycles. The molecule has 0 radical (unpaired) electrons. The van der Waals surface area contributed by atoms with Crippen LogP contribution in [-0.2, 0) is 32.1 Å². The third-order valence-corrected chi connectivity index (χ3v) is 9.77. The lowest BCUT2D eigenvalue weighted by atomic mass is 9.43. The number of fused-ring (bicyclic) bond motifs is 3. The lowest BCUT2D eigenvalue weighted by Crippen LogP contribution is -2.66. The summed E-state index contributed by atoms with van der Waals surface area (Å²) >= 11 is 0. The average molecular weight is 514 g/mol. The van der Waals surface area contributed by atoms with Gasteiger partial charge in [0.2, 0.25) is 5.90 Å². The molecule has 202 valence electrons. The zero-order chi connectivity index (χ0) is 26.8. The van der Waals surface area contributed by atoms with E-state index < -0.39 is 17.5 Å². The van der Waals surface area contributed by atoms with Crippen LogP contribution in [-0.4, -0.2) is 47.8 Å². The number of ether oxygens (including phenoxy) is 4. The van der Waals surface area contributed by atoms with Crippen LogP contribution in [0.15, 0.2) is 11.1 Å². The third-order valence-electron chi connectivity index (χ3n) is 9.77. The standard InChI is InChI=1S/C29H39NO7/c1-16-7-8-23-27(4,5)24(33)9-10-28(23,6)29(16)14-20-22(36-18(3)32)13-19(26-30-11-12-34-26)21(25(20)37-29)15-35-17(2)31/h13,16,23-24,33H,7-12,14-15H2,1-6H3/t16-,23+,24-,28+,29-/m1/s1. The van der Waals surface area contributed by atoms with Gasteiger partial charge < -0.3 is 24.1 Å². The molecular weight excluding hydrogens is 474 g/mol. The molecule has 5 rings (SSSR count). The van der Waals surface area contributed by atoms with E-state index in [-0.39, 0.29) is 35.4 Å². The third kappa shape index (κ3) is 3.94. The van der Waals surface area contributed by atoms with Crippen molar-refractivity contribution in [3.8, 4) is 11.5 Å². The zero-order valence-corrected chi connectivity index (χ0v) is 22.8. The van der Waals surface area contributed by atoms with Gasteiger partial charge in [0, 0.05) is 36.8 Å². The number of hydrogen-bond acceptors (Lipinski definition) is 8. The molecule has 0 bridgehead atoms. The fraction of sp³-hybridized carbons (Fsp3) is 0.690. The highest BCUT2D eigenvalue weighted by atomic mass is 16.5. The first-order chi connectivity index (χ1) is 17.4. The Morgan fingerprint density at radius 1 is 1.16 bits per heavy atom. The number of hydrogen-bond donors (Lipinski definition) is 1. The Hall–Kier alpha value is -2.61. The van der Waals surface area contributed by atoms with Crippen LogP contribution in [0.25, 0.3) is 0 Å². The van der Waals surface area contributed by atoms with Crippen molar-refractivity contribution in [3.05, 3.63) is 22.8 Å². The van der Waals surface area contributed by atoms with Crippen molar-refractivity contribution in [2.75, 3.05) is 13.2 Å². The Bertz CT molecular complexity index is 1160. The van der Waals surface area contributed by atoms with Gasteiger partial charge in [0.15, 0.2) is 0 Å².